The number of benzene rings is 2. The lowest BCUT2D eigenvalue weighted by molar-refractivity contribution is 0.548. The van der Waals surface area contributed by atoms with Crippen LogP contribution in [0.15, 0.2) is 53.4 Å². The summed E-state index contributed by atoms with van der Waals surface area (Å²) in [6.07, 6.45) is 0. The zero-order valence-electron chi connectivity index (χ0n) is 13.4. The fourth-order valence-electron chi connectivity index (χ4n) is 2.51. The highest BCUT2D eigenvalue weighted by molar-refractivity contribution is 8.00. The number of hydrogen-bond donors (Lipinski definition) is 1. The Morgan fingerprint density at radius 2 is 1.71 bits per heavy atom. The molecule has 0 fully saturated rings. The predicted octanol–water partition coefficient (Wildman–Crippen LogP) is 5.13. The second kappa shape index (κ2) is 7.67. The van der Waals surface area contributed by atoms with Crippen LogP contribution in [-0.4, -0.2) is 11.8 Å². The third-order valence-electron chi connectivity index (χ3n) is 3.85. The first-order valence-corrected chi connectivity index (χ1v) is 8.52. The van der Waals surface area contributed by atoms with E-state index in [0.29, 0.717) is 11.3 Å². The van der Waals surface area contributed by atoms with Crippen LogP contribution < -0.4 is 5.32 Å². The molecule has 0 radical (unpaired) electrons. The summed E-state index contributed by atoms with van der Waals surface area (Å²) in [5, 5.41) is 4.11. The highest BCUT2D eigenvalue weighted by Crippen LogP contribution is 2.32. The highest BCUT2D eigenvalue weighted by Gasteiger charge is 2.19. The molecular formula is C19H25NS. The van der Waals surface area contributed by atoms with Gasteiger partial charge in [-0.15, -0.1) is 11.8 Å². The van der Waals surface area contributed by atoms with E-state index in [0.717, 1.165) is 6.54 Å². The van der Waals surface area contributed by atoms with Crippen molar-refractivity contribution < 1.29 is 0 Å². The van der Waals surface area contributed by atoms with Crippen molar-refractivity contribution in [2.75, 3.05) is 6.54 Å². The Morgan fingerprint density at radius 3 is 2.33 bits per heavy atom. The minimum Gasteiger partial charge on any atom is -0.309 e. The fourth-order valence-corrected chi connectivity index (χ4v) is 3.72. The fraction of sp³-hybridized carbons (Fsp3) is 0.368. The first-order valence-electron chi connectivity index (χ1n) is 7.64. The molecule has 0 aliphatic carbocycles. The van der Waals surface area contributed by atoms with Crippen molar-refractivity contribution in [1.29, 1.82) is 0 Å². The van der Waals surface area contributed by atoms with Crippen LogP contribution in [0.25, 0.3) is 0 Å². The molecule has 0 saturated carbocycles. The maximum Gasteiger partial charge on any atom is 0.0441 e. The van der Waals surface area contributed by atoms with E-state index >= 15 is 0 Å². The molecule has 2 aromatic carbocycles. The van der Waals surface area contributed by atoms with Gasteiger partial charge in [0.2, 0.25) is 0 Å². The molecule has 21 heavy (non-hydrogen) atoms. The predicted molar refractivity (Wildman–Crippen MR) is 94.1 cm³/mol. The monoisotopic (exact) mass is 299 g/mol. The Balaban J connectivity index is 2.15. The number of aryl methyl sites for hydroxylation is 2. The summed E-state index contributed by atoms with van der Waals surface area (Å²) in [4.78, 5) is 1.35. The second-order valence-electron chi connectivity index (χ2n) is 5.52. The molecule has 1 N–H and O–H groups in total. The largest absolute Gasteiger partial charge is 0.309 e. The summed E-state index contributed by atoms with van der Waals surface area (Å²) >= 11 is 1.95. The molecule has 0 heterocycles. The van der Waals surface area contributed by atoms with Crippen LogP contribution >= 0.6 is 11.8 Å². The van der Waals surface area contributed by atoms with E-state index in [1.807, 2.05) is 11.8 Å². The molecule has 0 bridgehead atoms. The summed E-state index contributed by atoms with van der Waals surface area (Å²) < 4.78 is 0. The molecule has 2 unspecified atom stereocenters. The van der Waals surface area contributed by atoms with E-state index in [9.17, 15) is 0 Å². The maximum absolute atomic E-state index is 3.62. The normalized spacial score (nSPS) is 13.9. The molecular weight excluding hydrogens is 274 g/mol. The summed E-state index contributed by atoms with van der Waals surface area (Å²) in [7, 11) is 0. The molecule has 112 valence electrons. The van der Waals surface area contributed by atoms with Crippen molar-refractivity contribution in [3.8, 4) is 0 Å². The second-order valence-corrected chi connectivity index (χ2v) is 6.97. The van der Waals surface area contributed by atoms with E-state index in [2.05, 4.69) is 81.5 Å². The SMILES string of the molecule is CCNC(c1ccccc1)C(C)Sc1ccc(C)c(C)c1. The summed E-state index contributed by atoms with van der Waals surface area (Å²) in [5.74, 6) is 0. The van der Waals surface area contributed by atoms with Crippen LogP contribution in [-0.2, 0) is 0 Å². The Bertz CT molecular complexity index is 565. The third kappa shape index (κ3) is 4.36. The molecule has 2 heteroatoms. The number of thioether (sulfide) groups is 1. The lowest BCUT2D eigenvalue weighted by Crippen LogP contribution is -2.28. The summed E-state index contributed by atoms with van der Waals surface area (Å²) in [5.41, 5.74) is 4.09. The molecule has 1 nitrogen and oxygen atoms in total. The van der Waals surface area contributed by atoms with Gasteiger partial charge in [-0.3, -0.25) is 0 Å². The number of hydrogen-bond acceptors (Lipinski definition) is 2. The van der Waals surface area contributed by atoms with E-state index < -0.39 is 0 Å². The number of rotatable bonds is 6. The van der Waals surface area contributed by atoms with Crippen molar-refractivity contribution in [2.24, 2.45) is 0 Å². The molecule has 2 rings (SSSR count). The van der Waals surface area contributed by atoms with Crippen molar-refractivity contribution >= 4 is 11.8 Å². The Hall–Kier alpha value is -1.25. The van der Waals surface area contributed by atoms with Gasteiger partial charge in [0.15, 0.2) is 0 Å². The first-order chi connectivity index (χ1) is 10.1. The Labute approximate surface area is 133 Å². The van der Waals surface area contributed by atoms with Gasteiger partial charge < -0.3 is 5.32 Å². The van der Waals surface area contributed by atoms with E-state index in [1.165, 1.54) is 21.6 Å². The van der Waals surface area contributed by atoms with Crippen LogP contribution in [0.4, 0.5) is 0 Å². The standard InChI is InChI=1S/C19H25NS/c1-5-20-19(17-9-7-6-8-10-17)16(4)21-18-12-11-14(2)15(3)13-18/h6-13,16,19-20H,5H2,1-4H3. The van der Waals surface area contributed by atoms with Crippen LogP contribution in [0, 0.1) is 13.8 Å². The van der Waals surface area contributed by atoms with Gasteiger partial charge in [-0.25, -0.2) is 0 Å². The molecule has 0 amide bonds. The lowest BCUT2D eigenvalue weighted by Gasteiger charge is -2.25. The first kappa shape index (κ1) is 16.1. The lowest BCUT2D eigenvalue weighted by atomic mass is 10.0. The van der Waals surface area contributed by atoms with Crippen LogP contribution in [0.3, 0.4) is 0 Å². The van der Waals surface area contributed by atoms with Crippen LogP contribution in [0.2, 0.25) is 0 Å². The zero-order valence-corrected chi connectivity index (χ0v) is 14.2. The minimum atomic E-state index is 0.378. The number of nitrogens with one attached hydrogen (secondary N) is 1. The molecule has 0 aromatic heterocycles. The Morgan fingerprint density at radius 1 is 1.00 bits per heavy atom. The molecule has 0 saturated heterocycles. The van der Waals surface area contributed by atoms with Gasteiger partial charge >= 0.3 is 0 Å². The average Bonchev–Trinajstić information content (AvgIpc) is 2.49. The van der Waals surface area contributed by atoms with Crippen molar-refractivity contribution in [2.45, 2.75) is 43.9 Å². The molecule has 2 aromatic rings. The maximum atomic E-state index is 3.62. The quantitative estimate of drug-likeness (QED) is 0.742. The topological polar surface area (TPSA) is 12.0 Å². The van der Waals surface area contributed by atoms with E-state index in [4.69, 9.17) is 0 Å². The average molecular weight is 299 g/mol. The molecule has 0 aliphatic heterocycles. The zero-order chi connectivity index (χ0) is 15.2. The highest BCUT2D eigenvalue weighted by atomic mass is 32.2. The molecule has 0 aliphatic rings. The smallest absolute Gasteiger partial charge is 0.0441 e. The van der Waals surface area contributed by atoms with Gasteiger partial charge in [-0.05, 0) is 49.2 Å². The van der Waals surface area contributed by atoms with Gasteiger partial charge in [0.1, 0.15) is 0 Å². The van der Waals surface area contributed by atoms with Crippen LogP contribution in [0.1, 0.15) is 36.6 Å². The van der Waals surface area contributed by atoms with Gasteiger partial charge in [0.25, 0.3) is 0 Å². The van der Waals surface area contributed by atoms with Gasteiger partial charge in [-0.1, -0.05) is 50.2 Å². The van der Waals surface area contributed by atoms with Gasteiger partial charge in [0, 0.05) is 16.2 Å². The molecule has 2 atom stereocenters. The Kier molecular flexibility index (Phi) is 5.89. The summed E-state index contributed by atoms with van der Waals surface area (Å²) in [6.45, 7) is 9.81. The van der Waals surface area contributed by atoms with E-state index in [1.54, 1.807) is 0 Å². The van der Waals surface area contributed by atoms with Crippen LogP contribution in [0.5, 0.6) is 0 Å². The van der Waals surface area contributed by atoms with Gasteiger partial charge in [0.05, 0.1) is 0 Å². The minimum absolute atomic E-state index is 0.378. The van der Waals surface area contributed by atoms with E-state index in [-0.39, 0.29) is 0 Å². The third-order valence-corrected chi connectivity index (χ3v) is 5.02. The van der Waals surface area contributed by atoms with Gasteiger partial charge in [-0.2, -0.15) is 0 Å². The van der Waals surface area contributed by atoms with Crippen molar-refractivity contribution in [3.63, 3.8) is 0 Å². The van der Waals surface area contributed by atoms with Crippen molar-refractivity contribution in [1.82, 2.24) is 5.32 Å². The summed E-state index contributed by atoms with van der Waals surface area (Å²) in [6, 6.07) is 17.9. The van der Waals surface area contributed by atoms with Crippen molar-refractivity contribution in [3.05, 3.63) is 65.2 Å². The molecule has 0 spiro atoms.